The van der Waals surface area contributed by atoms with Crippen LogP contribution in [0.2, 0.25) is 0 Å². The molecule has 2 rings (SSSR count). The summed E-state index contributed by atoms with van der Waals surface area (Å²) in [5, 5.41) is 0. The zero-order chi connectivity index (χ0) is 13.2. The Hall–Kier alpha value is -1.70. The molecule has 0 atom stereocenters. The minimum absolute atomic E-state index is 0.154. The fourth-order valence-corrected chi connectivity index (χ4v) is 2.12. The molecule has 0 aliphatic carbocycles. The van der Waals surface area contributed by atoms with Gasteiger partial charge in [0.1, 0.15) is 5.82 Å². The van der Waals surface area contributed by atoms with Crippen LogP contribution in [-0.4, -0.2) is 9.97 Å². The fourth-order valence-electron chi connectivity index (χ4n) is 2.12. The lowest BCUT2D eigenvalue weighted by molar-refractivity contribution is 0.584. The molecule has 0 unspecified atom stereocenters. The van der Waals surface area contributed by atoms with E-state index in [2.05, 4.69) is 56.9 Å². The van der Waals surface area contributed by atoms with E-state index in [-0.39, 0.29) is 5.41 Å². The molecule has 2 heteroatoms. The van der Waals surface area contributed by atoms with Crippen molar-refractivity contribution in [1.82, 2.24) is 9.97 Å². The number of hydrogen-bond acceptors (Lipinski definition) is 2. The van der Waals surface area contributed by atoms with E-state index in [1.807, 2.05) is 12.3 Å². The van der Waals surface area contributed by atoms with Crippen molar-refractivity contribution in [2.24, 2.45) is 0 Å². The predicted octanol–water partition coefficient (Wildman–Crippen LogP) is 3.67. The van der Waals surface area contributed by atoms with Gasteiger partial charge in [-0.1, -0.05) is 37.3 Å². The quantitative estimate of drug-likeness (QED) is 0.818. The third kappa shape index (κ3) is 2.28. The molecule has 2 nitrogen and oxygen atoms in total. The third-order valence-electron chi connectivity index (χ3n) is 3.47. The standard InChI is InChI=1S/C16H20N2/c1-5-14-12(2)11-17-15(18-14)16(3,4)13-9-7-6-8-10-13/h6-11H,5H2,1-4H3. The summed E-state index contributed by atoms with van der Waals surface area (Å²) < 4.78 is 0. The van der Waals surface area contributed by atoms with Gasteiger partial charge in [0.2, 0.25) is 0 Å². The van der Waals surface area contributed by atoms with Crippen LogP contribution >= 0.6 is 0 Å². The monoisotopic (exact) mass is 240 g/mol. The number of hydrogen-bond donors (Lipinski definition) is 0. The van der Waals surface area contributed by atoms with E-state index >= 15 is 0 Å². The summed E-state index contributed by atoms with van der Waals surface area (Å²) in [7, 11) is 0. The van der Waals surface area contributed by atoms with Crippen molar-refractivity contribution in [2.45, 2.75) is 39.5 Å². The van der Waals surface area contributed by atoms with Gasteiger partial charge in [-0.05, 0) is 38.3 Å². The van der Waals surface area contributed by atoms with Gasteiger partial charge in [-0.25, -0.2) is 9.97 Å². The summed E-state index contributed by atoms with van der Waals surface area (Å²) in [4.78, 5) is 9.25. The van der Waals surface area contributed by atoms with Crippen LogP contribution in [0.15, 0.2) is 36.5 Å². The molecule has 1 heterocycles. The zero-order valence-corrected chi connectivity index (χ0v) is 11.6. The molecule has 0 aliphatic heterocycles. The molecule has 0 spiro atoms. The van der Waals surface area contributed by atoms with Crippen molar-refractivity contribution in [1.29, 1.82) is 0 Å². The van der Waals surface area contributed by atoms with Crippen molar-refractivity contribution >= 4 is 0 Å². The van der Waals surface area contributed by atoms with Crippen molar-refractivity contribution in [3.8, 4) is 0 Å². The van der Waals surface area contributed by atoms with Crippen molar-refractivity contribution < 1.29 is 0 Å². The topological polar surface area (TPSA) is 25.8 Å². The summed E-state index contributed by atoms with van der Waals surface area (Å²) in [6.45, 7) is 8.55. The average molecular weight is 240 g/mol. The molecule has 94 valence electrons. The lowest BCUT2D eigenvalue weighted by Gasteiger charge is -2.24. The molecular weight excluding hydrogens is 220 g/mol. The molecule has 0 saturated carbocycles. The molecule has 1 aromatic carbocycles. The van der Waals surface area contributed by atoms with E-state index in [1.165, 1.54) is 11.1 Å². The highest BCUT2D eigenvalue weighted by atomic mass is 14.9. The van der Waals surface area contributed by atoms with E-state index in [4.69, 9.17) is 4.98 Å². The number of aromatic nitrogens is 2. The predicted molar refractivity (Wildman–Crippen MR) is 74.7 cm³/mol. The van der Waals surface area contributed by atoms with E-state index in [0.717, 1.165) is 17.9 Å². The summed E-state index contributed by atoms with van der Waals surface area (Å²) >= 11 is 0. The Morgan fingerprint density at radius 2 is 1.78 bits per heavy atom. The Labute approximate surface area is 109 Å². The summed E-state index contributed by atoms with van der Waals surface area (Å²) in [5.74, 6) is 0.899. The SMILES string of the molecule is CCc1nc(C(C)(C)c2ccccc2)ncc1C. The summed E-state index contributed by atoms with van der Waals surface area (Å²) in [6, 6.07) is 10.4. The van der Waals surface area contributed by atoms with Crippen LogP contribution in [0.3, 0.4) is 0 Å². The summed E-state index contributed by atoms with van der Waals surface area (Å²) in [5.41, 5.74) is 3.41. The molecule has 1 aromatic heterocycles. The summed E-state index contributed by atoms with van der Waals surface area (Å²) in [6.07, 6.45) is 2.89. The van der Waals surface area contributed by atoms with Gasteiger partial charge < -0.3 is 0 Å². The third-order valence-corrected chi connectivity index (χ3v) is 3.47. The molecule has 18 heavy (non-hydrogen) atoms. The Morgan fingerprint density at radius 1 is 1.11 bits per heavy atom. The molecule has 0 amide bonds. The molecule has 0 aliphatic rings. The maximum atomic E-state index is 4.73. The average Bonchev–Trinajstić information content (AvgIpc) is 2.40. The first-order valence-corrected chi connectivity index (χ1v) is 6.44. The fraction of sp³-hybridized carbons (Fsp3) is 0.375. The second kappa shape index (κ2) is 4.89. The molecular formula is C16H20N2. The smallest absolute Gasteiger partial charge is 0.138 e. The van der Waals surface area contributed by atoms with Crippen LogP contribution in [0.25, 0.3) is 0 Å². The molecule has 0 radical (unpaired) electrons. The van der Waals surface area contributed by atoms with Gasteiger partial charge >= 0.3 is 0 Å². The first-order valence-electron chi connectivity index (χ1n) is 6.44. The minimum atomic E-state index is -0.154. The molecule has 0 N–H and O–H groups in total. The highest BCUT2D eigenvalue weighted by Gasteiger charge is 2.26. The van der Waals surface area contributed by atoms with Crippen LogP contribution in [0.4, 0.5) is 0 Å². The lowest BCUT2D eigenvalue weighted by atomic mass is 9.83. The van der Waals surface area contributed by atoms with Crippen LogP contribution < -0.4 is 0 Å². The Balaban J connectivity index is 2.47. The van der Waals surface area contributed by atoms with Crippen LogP contribution in [-0.2, 0) is 11.8 Å². The van der Waals surface area contributed by atoms with Gasteiger partial charge in [-0.15, -0.1) is 0 Å². The van der Waals surface area contributed by atoms with Gasteiger partial charge in [-0.2, -0.15) is 0 Å². The van der Waals surface area contributed by atoms with E-state index < -0.39 is 0 Å². The molecule has 0 bridgehead atoms. The van der Waals surface area contributed by atoms with Crippen LogP contribution in [0.5, 0.6) is 0 Å². The number of nitrogens with zero attached hydrogens (tertiary/aromatic N) is 2. The Bertz CT molecular complexity index is 530. The zero-order valence-electron chi connectivity index (χ0n) is 11.6. The Kier molecular flexibility index (Phi) is 3.46. The normalized spacial score (nSPS) is 11.6. The second-order valence-corrected chi connectivity index (χ2v) is 5.17. The largest absolute Gasteiger partial charge is 0.240 e. The number of rotatable bonds is 3. The maximum absolute atomic E-state index is 4.73. The lowest BCUT2D eigenvalue weighted by Crippen LogP contribution is -2.23. The molecule has 0 fully saturated rings. The van der Waals surface area contributed by atoms with Gasteiger partial charge in [-0.3, -0.25) is 0 Å². The van der Waals surface area contributed by atoms with Gasteiger partial charge in [0.25, 0.3) is 0 Å². The second-order valence-electron chi connectivity index (χ2n) is 5.17. The minimum Gasteiger partial charge on any atom is -0.240 e. The highest BCUT2D eigenvalue weighted by Crippen LogP contribution is 2.28. The first-order chi connectivity index (χ1) is 8.55. The first kappa shape index (κ1) is 12.7. The van der Waals surface area contributed by atoms with Crippen molar-refractivity contribution in [3.05, 3.63) is 59.2 Å². The van der Waals surface area contributed by atoms with Crippen molar-refractivity contribution in [3.63, 3.8) is 0 Å². The maximum Gasteiger partial charge on any atom is 0.138 e. The molecule has 2 aromatic rings. The van der Waals surface area contributed by atoms with Gasteiger partial charge in [0, 0.05) is 17.3 Å². The number of benzene rings is 1. The van der Waals surface area contributed by atoms with Gasteiger partial charge in [0.15, 0.2) is 0 Å². The van der Waals surface area contributed by atoms with Gasteiger partial charge in [0.05, 0.1) is 0 Å². The van der Waals surface area contributed by atoms with Crippen molar-refractivity contribution in [2.75, 3.05) is 0 Å². The Morgan fingerprint density at radius 3 is 2.39 bits per heavy atom. The van der Waals surface area contributed by atoms with E-state index in [0.29, 0.717) is 0 Å². The van der Waals surface area contributed by atoms with E-state index in [1.54, 1.807) is 0 Å². The van der Waals surface area contributed by atoms with Crippen LogP contribution in [0, 0.1) is 6.92 Å². The van der Waals surface area contributed by atoms with E-state index in [9.17, 15) is 0 Å². The van der Waals surface area contributed by atoms with Crippen LogP contribution in [0.1, 0.15) is 43.4 Å². The molecule has 0 saturated heterocycles. The highest BCUT2D eigenvalue weighted by molar-refractivity contribution is 5.31. The number of aryl methyl sites for hydroxylation is 2.